The van der Waals surface area contributed by atoms with E-state index in [1.54, 1.807) is 9.58 Å². The minimum Gasteiger partial charge on any atom is -0.377 e. The summed E-state index contributed by atoms with van der Waals surface area (Å²) in [5.41, 5.74) is -0.206. The Morgan fingerprint density at radius 1 is 1.22 bits per heavy atom. The number of ether oxygens (including phenoxy) is 1. The topological polar surface area (TPSA) is 132 Å². The number of sulfonamides is 1. The highest BCUT2D eigenvalue weighted by atomic mass is 32.2. The van der Waals surface area contributed by atoms with Gasteiger partial charge in [0.15, 0.2) is 5.82 Å². The van der Waals surface area contributed by atoms with Crippen LogP contribution in [0.4, 0.5) is 20.2 Å². The van der Waals surface area contributed by atoms with E-state index in [1.165, 1.54) is 26.2 Å². The van der Waals surface area contributed by atoms with E-state index in [1.807, 2.05) is 0 Å². The second-order valence-corrected chi connectivity index (χ2v) is 11.5. The minimum atomic E-state index is -4.11. The third-order valence-corrected chi connectivity index (χ3v) is 9.17. The molecule has 5 rings (SSSR count). The number of rotatable bonds is 7. The third kappa shape index (κ3) is 4.24. The van der Waals surface area contributed by atoms with Gasteiger partial charge in [-0.25, -0.2) is 31.6 Å². The molecule has 2 aliphatic heterocycles. The SMILES string of the molecule is COCc1nc2n(n1)CC(NS(=O)(=O)c1ccc(N3CC4CCC(C3)C4(F)F)c([N+](=O)[O-])c1C)CC2. The Bertz CT molecular complexity index is 1280. The molecule has 2 fully saturated rings. The smallest absolute Gasteiger partial charge is 0.296 e. The van der Waals surface area contributed by atoms with Crippen molar-refractivity contribution in [2.45, 2.75) is 62.6 Å². The van der Waals surface area contributed by atoms with Crippen molar-refractivity contribution in [1.29, 1.82) is 0 Å². The Kier molecular flexibility index (Phi) is 6.24. The Balaban J connectivity index is 1.39. The van der Waals surface area contributed by atoms with Crippen LogP contribution in [0.1, 0.15) is 36.5 Å². The van der Waals surface area contributed by atoms with Gasteiger partial charge in [-0.1, -0.05) is 0 Å². The number of hydrogen-bond acceptors (Lipinski definition) is 8. The van der Waals surface area contributed by atoms with Crippen LogP contribution in [0.3, 0.4) is 0 Å². The van der Waals surface area contributed by atoms with E-state index in [4.69, 9.17) is 4.74 Å². The lowest BCUT2D eigenvalue weighted by atomic mass is 9.93. The molecule has 3 aliphatic rings. The van der Waals surface area contributed by atoms with Gasteiger partial charge in [-0.3, -0.25) is 10.1 Å². The fraction of sp³-hybridized carbons (Fsp3) is 0.636. The number of fused-ring (bicyclic) bond motifs is 3. The summed E-state index contributed by atoms with van der Waals surface area (Å²) in [5, 5.41) is 16.4. The van der Waals surface area contributed by atoms with E-state index >= 15 is 0 Å². The van der Waals surface area contributed by atoms with E-state index in [9.17, 15) is 27.3 Å². The molecule has 36 heavy (non-hydrogen) atoms. The van der Waals surface area contributed by atoms with Gasteiger partial charge in [-0.2, -0.15) is 5.10 Å². The average molecular weight is 527 g/mol. The van der Waals surface area contributed by atoms with Gasteiger partial charge in [0.2, 0.25) is 10.0 Å². The van der Waals surface area contributed by atoms with Crippen LogP contribution in [0.5, 0.6) is 0 Å². The van der Waals surface area contributed by atoms with Gasteiger partial charge in [0.25, 0.3) is 11.6 Å². The highest BCUT2D eigenvalue weighted by molar-refractivity contribution is 7.89. The maximum atomic E-state index is 14.4. The first-order valence-corrected chi connectivity index (χ1v) is 13.3. The lowest BCUT2D eigenvalue weighted by Gasteiger charge is -2.39. The van der Waals surface area contributed by atoms with Gasteiger partial charge in [0.05, 0.1) is 16.4 Å². The maximum absolute atomic E-state index is 14.4. The molecule has 1 saturated heterocycles. The number of nitrogens with one attached hydrogen (secondary N) is 1. The molecule has 0 radical (unpaired) electrons. The standard InChI is InChI=1S/C22H28F2N6O5S/c1-13-18(36(33,34)27-16-5-8-20-25-19(12-35-2)26-29(20)11-16)7-6-17(21(13)30(31)32)28-9-14-3-4-15(10-28)22(14,23)24/h6-7,14-16,27H,3-5,8-12H2,1-2H3. The van der Waals surface area contributed by atoms with Crippen LogP contribution in [0, 0.1) is 28.9 Å². The molecule has 3 heterocycles. The van der Waals surface area contributed by atoms with Gasteiger partial charge in [0.1, 0.15) is 18.1 Å². The molecule has 1 aromatic heterocycles. The molecule has 11 nitrogen and oxygen atoms in total. The summed E-state index contributed by atoms with van der Waals surface area (Å²) in [6, 6.07) is 2.23. The minimum absolute atomic E-state index is 0.00149. The van der Waals surface area contributed by atoms with Gasteiger partial charge in [0, 0.05) is 50.1 Å². The van der Waals surface area contributed by atoms with Crippen molar-refractivity contribution in [3.63, 3.8) is 0 Å². The van der Waals surface area contributed by atoms with Crippen LogP contribution < -0.4 is 9.62 Å². The van der Waals surface area contributed by atoms with Crippen molar-refractivity contribution < 1.29 is 26.9 Å². The normalized spacial score (nSPS) is 25.1. The fourth-order valence-corrected chi connectivity index (χ4v) is 7.23. The largest absolute Gasteiger partial charge is 0.377 e. The predicted molar refractivity (Wildman–Crippen MR) is 124 cm³/mol. The van der Waals surface area contributed by atoms with Crippen LogP contribution in [0.25, 0.3) is 0 Å². The summed E-state index contributed by atoms with van der Waals surface area (Å²) in [4.78, 5) is 17.2. The van der Waals surface area contributed by atoms with E-state index in [0.29, 0.717) is 31.5 Å². The number of aromatic nitrogens is 3. The van der Waals surface area contributed by atoms with E-state index in [-0.39, 0.29) is 48.1 Å². The zero-order valence-corrected chi connectivity index (χ0v) is 20.8. The van der Waals surface area contributed by atoms with Crippen LogP contribution in [0.15, 0.2) is 17.0 Å². The number of alkyl halides is 2. The molecule has 0 spiro atoms. The number of hydrogen-bond donors (Lipinski definition) is 1. The van der Waals surface area contributed by atoms with Crippen molar-refractivity contribution >= 4 is 21.4 Å². The lowest BCUT2D eigenvalue weighted by molar-refractivity contribution is -0.384. The summed E-state index contributed by atoms with van der Waals surface area (Å²) in [7, 11) is -2.57. The number of nitro benzene ring substituents is 1. The van der Waals surface area contributed by atoms with Gasteiger partial charge in [-0.15, -0.1) is 0 Å². The molecule has 196 valence electrons. The van der Waals surface area contributed by atoms with Gasteiger partial charge < -0.3 is 9.64 Å². The fourth-order valence-electron chi connectivity index (χ4n) is 5.72. The molecular formula is C22H28F2N6O5S. The second kappa shape index (κ2) is 8.99. The Labute approximate surface area is 207 Å². The summed E-state index contributed by atoms with van der Waals surface area (Å²) in [6.07, 6.45) is 1.76. The molecule has 3 atom stereocenters. The van der Waals surface area contributed by atoms with Crippen molar-refractivity contribution in [3.05, 3.63) is 39.5 Å². The number of aryl methyl sites for hydroxylation is 1. The Morgan fingerprint density at radius 2 is 1.92 bits per heavy atom. The first-order chi connectivity index (χ1) is 17.0. The summed E-state index contributed by atoms with van der Waals surface area (Å²) >= 11 is 0. The van der Waals surface area contributed by atoms with E-state index in [2.05, 4.69) is 14.8 Å². The van der Waals surface area contributed by atoms with Gasteiger partial charge >= 0.3 is 0 Å². The average Bonchev–Trinajstić information content (AvgIpc) is 3.20. The zero-order valence-electron chi connectivity index (χ0n) is 20.0. The number of methoxy groups -OCH3 is 1. The first kappa shape index (κ1) is 25.0. The van der Waals surface area contributed by atoms with Crippen molar-refractivity contribution in [2.75, 3.05) is 25.1 Å². The highest BCUT2D eigenvalue weighted by Gasteiger charge is 2.56. The first-order valence-electron chi connectivity index (χ1n) is 11.9. The summed E-state index contributed by atoms with van der Waals surface area (Å²) in [5.74, 6) is -3.24. The predicted octanol–water partition coefficient (Wildman–Crippen LogP) is 2.42. The third-order valence-electron chi connectivity index (χ3n) is 7.50. The van der Waals surface area contributed by atoms with Crippen LogP contribution in [-0.2, 0) is 34.3 Å². The molecule has 1 N–H and O–H groups in total. The molecule has 14 heteroatoms. The number of benzene rings is 1. The molecule has 2 bridgehead atoms. The van der Waals surface area contributed by atoms with Crippen LogP contribution in [-0.4, -0.2) is 60.3 Å². The molecule has 1 saturated carbocycles. The molecule has 0 amide bonds. The molecule has 1 aromatic carbocycles. The van der Waals surface area contributed by atoms with Crippen molar-refractivity contribution in [2.24, 2.45) is 11.8 Å². The second-order valence-electron chi connectivity index (χ2n) is 9.78. The van der Waals surface area contributed by atoms with E-state index in [0.717, 1.165) is 5.82 Å². The van der Waals surface area contributed by atoms with Crippen LogP contribution >= 0.6 is 0 Å². The molecule has 3 unspecified atom stereocenters. The summed E-state index contributed by atoms with van der Waals surface area (Å²) < 4.78 is 64.7. The summed E-state index contributed by atoms with van der Waals surface area (Å²) in [6.45, 7) is 1.91. The maximum Gasteiger partial charge on any atom is 0.296 e. The zero-order chi connectivity index (χ0) is 25.8. The van der Waals surface area contributed by atoms with Crippen molar-refractivity contribution in [1.82, 2.24) is 19.5 Å². The monoisotopic (exact) mass is 526 g/mol. The Morgan fingerprint density at radius 3 is 2.56 bits per heavy atom. The van der Waals surface area contributed by atoms with E-state index < -0.39 is 38.7 Å². The van der Waals surface area contributed by atoms with Gasteiger partial charge in [-0.05, 0) is 38.3 Å². The molecule has 1 aliphatic carbocycles. The molecule has 2 aromatic rings. The Hall–Kier alpha value is -2.71. The number of nitrogens with zero attached hydrogens (tertiary/aromatic N) is 5. The van der Waals surface area contributed by atoms with Crippen molar-refractivity contribution in [3.8, 4) is 0 Å². The number of anilines is 1. The van der Waals surface area contributed by atoms with Crippen LogP contribution in [0.2, 0.25) is 0 Å². The number of halogens is 2. The number of nitro groups is 1. The highest BCUT2D eigenvalue weighted by Crippen LogP contribution is 2.50. The quantitative estimate of drug-likeness (QED) is 0.430. The lowest BCUT2D eigenvalue weighted by Crippen LogP contribution is -2.49. The number of piperidine rings is 1. The molecular weight excluding hydrogens is 498 g/mol.